The fourth-order valence-corrected chi connectivity index (χ4v) is 5.81. The number of amides is 3. The van der Waals surface area contributed by atoms with Crippen molar-refractivity contribution >= 4 is 17.7 Å². The van der Waals surface area contributed by atoms with Gasteiger partial charge in [-0.25, -0.2) is 14.4 Å². The van der Waals surface area contributed by atoms with Gasteiger partial charge < -0.3 is 0 Å². The van der Waals surface area contributed by atoms with E-state index in [-0.39, 0.29) is 54.9 Å². The van der Waals surface area contributed by atoms with Crippen LogP contribution in [0.4, 0.5) is 4.39 Å². The number of halogens is 1. The highest BCUT2D eigenvalue weighted by molar-refractivity contribution is 6.04. The predicted octanol–water partition coefficient (Wildman–Crippen LogP) is 4.68. The molecule has 7 rings (SSSR count). The largest absolute Gasteiger partial charge is 0.273 e. The van der Waals surface area contributed by atoms with Gasteiger partial charge in [-0.15, -0.1) is 0 Å². The summed E-state index contributed by atoms with van der Waals surface area (Å²) < 4.78 is 15.8. The molecule has 4 heterocycles. The van der Waals surface area contributed by atoms with Gasteiger partial charge in [0.05, 0.1) is 29.7 Å². The summed E-state index contributed by atoms with van der Waals surface area (Å²) in [6, 6.07) is 8.91. The highest BCUT2D eigenvalue weighted by atomic mass is 19.1. The molecule has 2 aromatic heterocycles. The van der Waals surface area contributed by atoms with Gasteiger partial charge in [0.15, 0.2) is 0 Å². The molecule has 0 unspecified atom stereocenters. The number of imide groups is 1. The van der Waals surface area contributed by atoms with Gasteiger partial charge >= 0.3 is 0 Å². The minimum atomic E-state index is -0.324. The van der Waals surface area contributed by atoms with Gasteiger partial charge in [0, 0.05) is 47.6 Å². The highest BCUT2D eigenvalue weighted by Gasteiger charge is 2.39. The number of aryl methyl sites for hydroxylation is 1. The number of pyridine rings is 1. The van der Waals surface area contributed by atoms with Crippen LogP contribution in [0.2, 0.25) is 0 Å². The number of hydrogen-bond acceptors (Lipinski definition) is 5. The smallest absolute Gasteiger partial charge is 0.273 e. The number of carbonyl (C=O) groups excluding carboxylic acids is 3. The molecule has 2 saturated carbocycles. The summed E-state index contributed by atoms with van der Waals surface area (Å²) in [5, 5.41) is 7.21. The average Bonchev–Trinajstić information content (AvgIpc) is 3.59. The minimum absolute atomic E-state index is 0.195. The van der Waals surface area contributed by atoms with Crippen molar-refractivity contribution in [2.45, 2.75) is 70.4 Å². The second-order valence-electron chi connectivity index (χ2n) is 11.2. The quantitative estimate of drug-likeness (QED) is 0.356. The van der Waals surface area contributed by atoms with E-state index in [2.05, 4.69) is 23.0 Å². The number of hydrazine groups is 1. The summed E-state index contributed by atoms with van der Waals surface area (Å²) in [7, 11) is 0. The molecule has 0 N–H and O–H groups in total. The Morgan fingerprint density at radius 1 is 1.00 bits per heavy atom. The fourth-order valence-electron chi connectivity index (χ4n) is 5.81. The number of fused-ring (bicyclic) bond motifs is 1. The van der Waals surface area contributed by atoms with Crippen LogP contribution < -0.4 is 0 Å². The lowest BCUT2D eigenvalue weighted by atomic mass is 9.80. The van der Waals surface area contributed by atoms with Crippen molar-refractivity contribution in [3.63, 3.8) is 0 Å². The molecule has 1 saturated heterocycles. The maximum atomic E-state index is 13.8. The molecule has 40 heavy (non-hydrogen) atoms. The van der Waals surface area contributed by atoms with Crippen LogP contribution in [0.15, 0.2) is 36.5 Å². The molecular weight excluding hydrogens is 509 g/mol. The second-order valence-corrected chi connectivity index (χ2v) is 11.2. The van der Waals surface area contributed by atoms with Crippen LogP contribution >= 0.6 is 0 Å². The van der Waals surface area contributed by atoms with Crippen LogP contribution in [-0.4, -0.2) is 42.5 Å². The first kappa shape index (κ1) is 24.7. The van der Waals surface area contributed by atoms with Gasteiger partial charge in [-0.1, -0.05) is 11.8 Å². The summed E-state index contributed by atoms with van der Waals surface area (Å²) in [5.74, 6) is 6.04. The Balaban J connectivity index is 1.03. The van der Waals surface area contributed by atoms with E-state index in [0.717, 1.165) is 58.8 Å². The van der Waals surface area contributed by atoms with E-state index < -0.39 is 0 Å². The van der Waals surface area contributed by atoms with Crippen molar-refractivity contribution in [3.8, 4) is 23.1 Å². The van der Waals surface area contributed by atoms with Crippen molar-refractivity contribution in [2.75, 3.05) is 0 Å². The number of piperidine rings is 1. The molecule has 4 aliphatic rings. The van der Waals surface area contributed by atoms with E-state index in [9.17, 15) is 18.8 Å². The summed E-state index contributed by atoms with van der Waals surface area (Å²) in [6.07, 6.45) is 7.16. The molecule has 3 aromatic rings. The minimum Gasteiger partial charge on any atom is -0.273 e. The second kappa shape index (κ2) is 9.40. The van der Waals surface area contributed by atoms with Crippen LogP contribution in [0.5, 0.6) is 0 Å². The molecule has 0 radical (unpaired) electrons. The van der Waals surface area contributed by atoms with Crippen LogP contribution in [0, 0.1) is 30.5 Å². The van der Waals surface area contributed by atoms with Gasteiger partial charge in [-0.3, -0.25) is 19.1 Å². The standard InChI is InChI=1S/C31H28FN5O3/c1-18-26(32)11-12-27(33-18)25-17-35(34-30(25)21-8-9-21)23-14-20(15-23)6-5-19-7-10-24-22(13-19)16-36(31(24)40)37-28(38)3-2-4-29(37)39/h7,10-13,17,20-21,23H,2-4,8-9,14-16H2,1H3. The lowest BCUT2D eigenvalue weighted by Gasteiger charge is -2.32. The molecule has 2 aliphatic carbocycles. The van der Waals surface area contributed by atoms with E-state index in [1.807, 2.05) is 16.8 Å². The Morgan fingerprint density at radius 2 is 1.77 bits per heavy atom. The maximum Gasteiger partial charge on any atom is 0.273 e. The van der Waals surface area contributed by atoms with E-state index in [1.54, 1.807) is 19.1 Å². The number of nitrogens with zero attached hydrogens (tertiary/aromatic N) is 5. The highest BCUT2D eigenvalue weighted by Crippen LogP contribution is 2.45. The monoisotopic (exact) mass is 537 g/mol. The van der Waals surface area contributed by atoms with E-state index in [1.165, 1.54) is 11.1 Å². The number of benzene rings is 1. The molecule has 8 nitrogen and oxygen atoms in total. The van der Waals surface area contributed by atoms with Crippen molar-refractivity contribution in [2.24, 2.45) is 5.92 Å². The lowest BCUT2D eigenvalue weighted by Crippen LogP contribution is -2.51. The lowest BCUT2D eigenvalue weighted by molar-refractivity contribution is -0.163. The van der Waals surface area contributed by atoms with E-state index in [4.69, 9.17) is 5.10 Å². The molecule has 202 valence electrons. The molecule has 2 aliphatic heterocycles. The van der Waals surface area contributed by atoms with Crippen LogP contribution in [-0.2, 0) is 16.1 Å². The number of carbonyl (C=O) groups is 3. The summed E-state index contributed by atoms with van der Waals surface area (Å²) in [5.41, 5.74) is 5.30. The van der Waals surface area contributed by atoms with Crippen LogP contribution in [0.25, 0.3) is 11.3 Å². The first-order chi connectivity index (χ1) is 19.4. The number of rotatable bonds is 4. The van der Waals surface area contributed by atoms with Crippen molar-refractivity contribution in [3.05, 3.63) is 70.4 Å². The Morgan fingerprint density at radius 3 is 2.50 bits per heavy atom. The molecule has 3 amide bonds. The Hall–Kier alpha value is -4.32. The fraction of sp³-hybridized carbons (Fsp3) is 0.387. The maximum absolute atomic E-state index is 13.8. The zero-order valence-corrected chi connectivity index (χ0v) is 22.2. The normalized spacial score (nSPS) is 22.2. The molecule has 3 fully saturated rings. The topological polar surface area (TPSA) is 88.4 Å². The zero-order chi connectivity index (χ0) is 27.5. The van der Waals surface area contributed by atoms with Crippen LogP contribution in [0.1, 0.15) is 89.8 Å². The summed E-state index contributed by atoms with van der Waals surface area (Å²) in [4.78, 5) is 42.0. The number of aromatic nitrogens is 3. The Kier molecular flexibility index (Phi) is 5.81. The summed E-state index contributed by atoms with van der Waals surface area (Å²) >= 11 is 0. The van der Waals surface area contributed by atoms with Gasteiger partial charge in [0.25, 0.3) is 5.91 Å². The molecule has 0 atom stereocenters. The van der Waals surface area contributed by atoms with Gasteiger partial charge in [0.2, 0.25) is 11.8 Å². The zero-order valence-electron chi connectivity index (χ0n) is 22.2. The summed E-state index contributed by atoms with van der Waals surface area (Å²) in [6.45, 7) is 1.88. The third-order valence-corrected chi connectivity index (χ3v) is 8.32. The molecule has 0 bridgehead atoms. The molecule has 9 heteroatoms. The van der Waals surface area contributed by atoms with Crippen molar-refractivity contribution in [1.82, 2.24) is 24.8 Å². The first-order valence-corrected chi connectivity index (χ1v) is 13.9. The van der Waals surface area contributed by atoms with Gasteiger partial charge in [-0.05, 0) is 74.9 Å². The van der Waals surface area contributed by atoms with Crippen molar-refractivity contribution < 1.29 is 18.8 Å². The first-order valence-electron chi connectivity index (χ1n) is 13.9. The molecular formula is C31H28FN5O3. The van der Waals surface area contributed by atoms with Gasteiger partial charge in [0.1, 0.15) is 5.82 Å². The average molecular weight is 538 g/mol. The predicted molar refractivity (Wildman–Crippen MR) is 143 cm³/mol. The Labute approximate surface area is 231 Å². The Bertz CT molecular complexity index is 1620. The number of hydrogen-bond donors (Lipinski definition) is 0. The van der Waals surface area contributed by atoms with E-state index in [0.29, 0.717) is 23.6 Å². The third-order valence-electron chi connectivity index (χ3n) is 8.32. The molecule has 0 spiro atoms. The SMILES string of the molecule is Cc1nc(-c2cn(C3CC(C#Cc4ccc5c(c4)CN(N4C(=O)CCCC4=O)C5=O)C3)nc2C2CC2)ccc1F. The molecule has 1 aromatic carbocycles. The van der Waals surface area contributed by atoms with Gasteiger partial charge in [-0.2, -0.15) is 10.1 Å². The third kappa shape index (κ3) is 4.28. The van der Waals surface area contributed by atoms with E-state index >= 15 is 0 Å². The van der Waals surface area contributed by atoms with Crippen molar-refractivity contribution in [1.29, 1.82) is 0 Å². The van der Waals surface area contributed by atoms with Crippen LogP contribution in [0.3, 0.4) is 0 Å².